The van der Waals surface area contributed by atoms with Crippen LogP contribution in [0.4, 0.5) is 0 Å². The second kappa shape index (κ2) is 4.90. The van der Waals surface area contributed by atoms with Crippen LogP contribution in [0.25, 0.3) is 0 Å². The van der Waals surface area contributed by atoms with E-state index in [1.807, 2.05) is 0 Å². The van der Waals surface area contributed by atoms with Crippen molar-refractivity contribution >= 4 is 7.28 Å². The molecule has 0 spiro atoms. The lowest BCUT2D eigenvalue weighted by Gasteiger charge is -2.36. The van der Waals surface area contributed by atoms with Crippen LogP contribution in [0.3, 0.4) is 0 Å². The topological polar surface area (TPSA) is 26.0 Å². The molecule has 1 saturated carbocycles. The molecule has 15 heavy (non-hydrogen) atoms. The van der Waals surface area contributed by atoms with Crippen LogP contribution in [0.1, 0.15) is 66.2 Å². The first-order valence-electron chi connectivity index (χ1n) is 6.48. The van der Waals surface area contributed by atoms with Gasteiger partial charge < -0.3 is 5.73 Å². The van der Waals surface area contributed by atoms with E-state index in [0.717, 1.165) is 0 Å². The second-order valence-electron chi connectivity index (χ2n) is 6.43. The quantitative estimate of drug-likeness (QED) is 0.687. The number of nitrogens with two attached hydrogens (primary N) is 1. The molecule has 2 heteroatoms. The fraction of sp³-hybridized carbons (Fsp3) is 1.00. The van der Waals surface area contributed by atoms with Gasteiger partial charge in [0.2, 0.25) is 0 Å². The van der Waals surface area contributed by atoms with E-state index in [0.29, 0.717) is 11.1 Å². The van der Waals surface area contributed by atoms with Crippen LogP contribution in [0.5, 0.6) is 0 Å². The Morgan fingerprint density at radius 1 is 1.00 bits per heavy atom. The van der Waals surface area contributed by atoms with Crippen LogP contribution in [0.2, 0.25) is 11.1 Å². The fourth-order valence-electron chi connectivity index (χ4n) is 3.01. The minimum atomic E-state index is 0.0964. The highest BCUT2D eigenvalue weighted by Crippen LogP contribution is 2.42. The van der Waals surface area contributed by atoms with E-state index < -0.39 is 0 Å². The Morgan fingerprint density at radius 3 is 1.87 bits per heavy atom. The van der Waals surface area contributed by atoms with Crippen molar-refractivity contribution < 1.29 is 0 Å². The Hall–Kier alpha value is 0.0249. The standard InChI is InChI=1S/C13H27BN/c1-11(2)14-12(3)7-5-9-13(4,15)10-6-8-12/h11H,5-10,15H2,1-4H3. The van der Waals surface area contributed by atoms with E-state index in [1.165, 1.54) is 38.5 Å². The molecule has 1 aliphatic carbocycles. The molecule has 1 fully saturated rings. The molecule has 1 rings (SSSR count). The molecule has 0 aromatic rings. The summed E-state index contributed by atoms with van der Waals surface area (Å²) in [5.74, 6) is 0.707. The maximum Gasteiger partial charge on any atom is 0.120 e. The van der Waals surface area contributed by atoms with E-state index in [-0.39, 0.29) is 5.54 Å². The van der Waals surface area contributed by atoms with Crippen LogP contribution in [-0.2, 0) is 0 Å². The lowest BCUT2D eigenvalue weighted by molar-refractivity contribution is 0.311. The van der Waals surface area contributed by atoms with Gasteiger partial charge in [0.25, 0.3) is 0 Å². The van der Waals surface area contributed by atoms with Gasteiger partial charge in [-0.25, -0.2) is 0 Å². The molecule has 0 amide bonds. The molecule has 0 atom stereocenters. The zero-order valence-corrected chi connectivity index (χ0v) is 11.0. The third-order valence-electron chi connectivity index (χ3n) is 3.73. The summed E-state index contributed by atoms with van der Waals surface area (Å²) < 4.78 is 0. The normalized spacial score (nSPS) is 38.5. The number of hydrogen-bond donors (Lipinski definition) is 1. The summed E-state index contributed by atoms with van der Waals surface area (Å²) in [6, 6.07) is 0. The number of hydrogen-bond acceptors (Lipinski definition) is 1. The Morgan fingerprint density at radius 2 is 1.47 bits per heavy atom. The van der Waals surface area contributed by atoms with Crippen LogP contribution in [0.15, 0.2) is 0 Å². The van der Waals surface area contributed by atoms with Gasteiger partial charge in [-0.3, -0.25) is 0 Å². The minimum absolute atomic E-state index is 0.0964. The van der Waals surface area contributed by atoms with Gasteiger partial charge in [0.05, 0.1) is 0 Å². The van der Waals surface area contributed by atoms with E-state index in [2.05, 4.69) is 35.0 Å². The van der Waals surface area contributed by atoms with Crippen molar-refractivity contribution in [2.24, 2.45) is 5.73 Å². The first kappa shape index (κ1) is 13.1. The van der Waals surface area contributed by atoms with Gasteiger partial charge in [0.1, 0.15) is 7.28 Å². The van der Waals surface area contributed by atoms with Crippen LogP contribution in [0, 0.1) is 0 Å². The lowest BCUT2D eigenvalue weighted by atomic mass is 9.44. The van der Waals surface area contributed by atoms with Crippen LogP contribution in [-0.4, -0.2) is 12.8 Å². The summed E-state index contributed by atoms with van der Waals surface area (Å²) >= 11 is 0. The maximum atomic E-state index is 6.23. The Balaban J connectivity index is 2.50. The third kappa shape index (κ3) is 4.59. The van der Waals surface area contributed by atoms with Crippen molar-refractivity contribution in [1.82, 2.24) is 0 Å². The van der Waals surface area contributed by atoms with Gasteiger partial charge >= 0.3 is 0 Å². The van der Waals surface area contributed by atoms with Crippen molar-refractivity contribution in [1.29, 1.82) is 0 Å². The molecule has 0 aliphatic heterocycles. The Labute approximate surface area is 96.4 Å². The van der Waals surface area contributed by atoms with Crippen LogP contribution < -0.4 is 5.73 Å². The van der Waals surface area contributed by atoms with E-state index >= 15 is 0 Å². The van der Waals surface area contributed by atoms with Crippen LogP contribution >= 0.6 is 0 Å². The first-order chi connectivity index (χ1) is 6.83. The first-order valence-corrected chi connectivity index (χ1v) is 6.48. The average molecular weight is 208 g/mol. The molecule has 1 aliphatic rings. The summed E-state index contributed by atoms with van der Waals surface area (Å²) in [5.41, 5.74) is 6.32. The molecule has 0 aromatic carbocycles. The summed E-state index contributed by atoms with van der Waals surface area (Å²) in [4.78, 5) is 0. The molecule has 0 bridgehead atoms. The van der Waals surface area contributed by atoms with E-state index in [1.54, 1.807) is 0 Å². The molecule has 0 unspecified atom stereocenters. The van der Waals surface area contributed by atoms with Gasteiger partial charge in [0, 0.05) is 5.54 Å². The van der Waals surface area contributed by atoms with E-state index in [4.69, 9.17) is 5.73 Å². The molecule has 0 aromatic heterocycles. The van der Waals surface area contributed by atoms with Gasteiger partial charge in [-0.05, 0) is 19.8 Å². The van der Waals surface area contributed by atoms with Crippen molar-refractivity contribution in [2.75, 3.05) is 0 Å². The highest BCUT2D eigenvalue weighted by Gasteiger charge is 2.30. The van der Waals surface area contributed by atoms with Gasteiger partial charge in [-0.15, -0.1) is 0 Å². The highest BCUT2D eigenvalue weighted by atomic mass is 14.7. The summed E-state index contributed by atoms with van der Waals surface area (Å²) in [7, 11) is 2.55. The highest BCUT2D eigenvalue weighted by molar-refractivity contribution is 6.41. The van der Waals surface area contributed by atoms with E-state index in [9.17, 15) is 0 Å². The molecule has 1 radical (unpaired) electrons. The zero-order chi connectivity index (χ0) is 11.5. The Kier molecular flexibility index (Phi) is 4.28. The van der Waals surface area contributed by atoms with Crippen molar-refractivity contribution in [3.05, 3.63) is 0 Å². The third-order valence-corrected chi connectivity index (χ3v) is 3.73. The Bertz CT molecular complexity index is 187. The van der Waals surface area contributed by atoms with Crippen molar-refractivity contribution in [2.45, 2.75) is 82.9 Å². The smallest absolute Gasteiger partial charge is 0.120 e. The minimum Gasteiger partial charge on any atom is -0.325 e. The number of rotatable bonds is 2. The zero-order valence-electron chi connectivity index (χ0n) is 11.0. The molecule has 87 valence electrons. The molecule has 1 nitrogen and oxygen atoms in total. The van der Waals surface area contributed by atoms with Gasteiger partial charge in [-0.2, -0.15) is 0 Å². The predicted molar refractivity (Wildman–Crippen MR) is 69.5 cm³/mol. The predicted octanol–water partition coefficient (Wildman–Crippen LogP) is 3.77. The fourth-order valence-corrected chi connectivity index (χ4v) is 3.01. The summed E-state index contributed by atoms with van der Waals surface area (Å²) in [6.45, 7) is 9.21. The van der Waals surface area contributed by atoms with Gasteiger partial charge in [0.15, 0.2) is 0 Å². The molecular formula is C13H27BN. The lowest BCUT2D eigenvalue weighted by Crippen LogP contribution is -2.38. The van der Waals surface area contributed by atoms with Crippen molar-refractivity contribution in [3.63, 3.8) is 0 Å². The molecule has 2 N–H and O–H groups in total. The molecule has 0 heterocycles. The molecular weight excluding hydrogens is 181 g/mol. The summed E-state index contributed by atoms with van der Waals surface area (Å²) in [6.07, 6.45) is 7.58. The van der Waals surface area contributed by atoms with Crippen molar-refractivity contribution in [3.8, 4) is 0 Å². The van der Waals surface area contributed by atoms with Gasteiger partial charge in [-0.1, -0.05) is 57.6 Å². The maximum absolute atomic E-state index is 6.23. The average Bonchev–Trinajstić information content (AvgIpc) is 1.98. The second-order valence-corrected chi connectivity index (χ2v) is 6.43. The largest absolute Gasteiger partial charge is 0.325 e. The summed E-state index contributed by atoms with van der Waals surface area (Å²) in [5, 5.41) is 0.463. The monoisotopic (exact) mass is 208 g/mol. The molecule has 0 saturated heterocycles. The SMILES string of the molecule is CC(C)[B]C1(C)CCCC(C)(N)CCC1.